The number of likely N-dealkylation sites (tertiary alicyclic amines) is 1. The molecule has 2 N–H and O–H groups in total. The van der Waals surface area contributed by atoms with Crippen LogP contribution in [0.5, 0.6) is 0 Å². The number of benzene rings is 2. The highest BCUT2D eigenvalue weighted by Gasteiger charge is 2.47. The fourth-order valence-electron chi connectivity index (χ4n) is 3.76. The molecule has 0 atom stereocenters. The average molecular weight is 386 g/mol. The lowest BCUT2D eigenvalue weighted by molar-refractivity contribution is -0.0389. The highest BCUT2D eigenvalue weighted by molar-refractivity contribution is 7.89. The minimum atomic E-state index is -3.79. The number of nitrogens with zero attached hydrogens (tertiary/aromatic N) is 1. The van der Waals surface area contributed by atoms with Crippen LogP contribution in [0.1, 0.15) is 39.1 Å². The van der Waals surface area contributed by atoms with Crippen molar-refractivity contribution < 1.29 is 22.7 Å². The zero-order valence-corrected chi connectivity index (χ0v) is 15.2. The normalized spacial score (nSPS) is 18.3. The summed E-state index contributed by atoms with van der Waals surface area (Å²) in [7, 11) is -3.79. The van der Waals surface area contributed by atoms with Crippen molar-refractivity contribution in [3.63, 3.8) is 0 Å². The van der Waals surface area contributed by atoms with Gasteiger partial charge in [-0.25, -0.2) is 18.4 Å². The lowest BCUT2D eigenvalue weighted by Gasteiger charge is -2.38. The first-order chi connectivity index (χ1) is 12.8. The van der Waals surface area contributed by atoms with Crippen LogP contribution in [-0.2, 0) is 20.4 Å². The molecule has 0 aromatic heterocycles. The van der Waals surface area contributed by atoms with Gasteiger partial charge in [0, 0.05) is 37.1 Å². The van der Waals surface area contributed by atoms with Crippen molar-refractivity contribution in [1.29, 1.82) is 0 Å². The fourth-order valence-corrected chi connectivity index (χ4v) is 4.27. The van der Waals surface area contributed by atoms with Gasteiger partial charge in [0.2, 0.25) is 10.0 Å². The van der Waals surface area contributed by atoms with Gasteiger partial charge in [0.1, 0.15) is 5.60 Å². The summed E-state index contributed by atoms with van der Waals surface area (Å²) >= 11 is 0. The number of carbonyl (C=O) groups excluding carboxylic acids is 2. The molecule has 0 saturated carbocycles. The zero-order chi connectivity index (χ0) is 19.2. The first kappa shape index (κ1) is 17.7. The van der Waals surface area contributed by atoms with E-state index in [0.29, 0.717) is 37.1 Å². The van der Waals surface area contributed by atoms with Gasteiger partial charge < -0.3 is 9.64 Å². The monoisotopic (exact) mass is 386 g/mol. The fraction of sp³-hybridized carbons (Fsp3) is 0.263. The Kier molecular flexibility index (Phi) is 4.05. The van der Waals surface area contributed by atoms with Gasteiger partial charge in [0.25, 0.3) is 5.91 Å². The van der Waals surface area contributed by atoms with E-state index in [0.717, 1.165) is 5.56 Å². The van der Waals surface area contributed by atoms with Crippen molar-refractivity contribution in [1.82, 2.24) is 4.90 Å². The summed E-state index contributed by atoms with van der Waals surface area (Å²) in [5, 5.41) is 5.08. The van der Waals surface area contributed by atoms with Crippen molar-refractivity contribution in [3.8, 4) is 0 Å². The van der Waals surface area contributed by atoms with E-state index in [1.165, 1.54) is 24.3 Å². The molecule has 2 aliphatic heterocycles. The maximum Gasteiger partial charge on any atom is 0.339 e. The van der Waals surface area contributed by atoms with Crippen LogP contribution < -0.4 is 5.14 Å². The predicted octanol–water partition coefficient (Wildman–Crippen LogP) is 1.64. The molecule has 7 nitrogen and oxygen atoms in total. The predicted molar refractivity (Wildman–Crippen MR) is 96.5 cm³/mol. The van der Waals surface area contributed by atoms with Crippen molar-refractivity contribution in [2.75, 3.05) is 13.1 Å². The molecular weight excluding hydrogens is 368 g/mol. The maximum absolute atomic E-state index is 12.7. The van der Waals surface area contributed by atoms with E-state index in [-0.39, 0.29) is 16.8 Å². The SMILES string of the molecule is NS(=O)(=O)c1ccc(C(=O)N2CCC3(CC2)OC(=O)c2ccccc23)cc1. The van der Waals surface area contributed by atoms with Gasteiger partial charge >= 0.3 is 5.97 Å². The highest BCUT2D eigenvalue weighted by atomic mass is 32.2. The van der Waals surface area contributed by atoms with Gasteiger partial charge in [0.05, 0.1) is 10.5 Å². The van der Waals surface area contributed by atoms with E-state index >= 15 is 0 Å². The molecule has 140 valence electrons. The van der Waals surface area contributed by atoms with Crippen molar-refractivity contribution >= 4 is 21.9 Å². The molecule has 0 aliphatic carbocycles. The minimum absolute atomic E-state index is 0.0360. The molecule has 27 heavy (non-hydrogen) atoms. The number of hydrogen-bond donors (Lipinski definition) is 1. The van der Waals surface area contributed by atoms with E-state index in [2.05, 4.69) is 0 Å². The minimum Gasteiger partial charge on any atom is -0.450 e. The molecular formula is C19H18N2O5S. The molecule has 2 aromatic rings. The van der Waals surface area contributed by atoms with E-state index in [1.807, 2.05) is 18.2 Å². The standard InChI is InChI=1S/C19H18N2O5S/c20-27(24,25)14-7-5-13(6-8-14)17(22)21-11-9-19(10-12-21)16-4-2-1-3-15(16)18(23)26-19/h1-8H,9-12H2,(H2,20,24,25). The Balaban J connectivity index is 1.50. The molecule has 1 spiro atoms. The lowest BCUT2D eigenvalue weighted by Crippen LogP contribution is -2.45. The number of amides is 1. The molecule has 2 aliphatic rings. The topological polar surface area (TPSA) is 107 Å². The summed E-state index contributed by atoms with van der Waals surface area (Å²) in [5.74, 6) is -0.507. The molecule has 4 rings (SSSR count). The Morgan fingerprint density at radius 3 is 2.30 bits per heavy atom. The summed E-state index contributed by atoms with van der Waals surface area (Å²) in [5.41, 5.74) is 1.21. The molecule has 0 radical (unpaired) electrons. The Hall–Kier alpha value is -2.71. The second kappa shape index (κ2) is 6.17. The van der Waals surface area contributed by atoms with Crippen molar-refractivity contribution in [3.05, 3.63) is 65.2 Å². The third-order valence-electron chi connectivity index (χ3n) is 5.21. The highest BCUT2D eigenvalue weighted by Crippen LogP contribution is 2.44. The number of sulfonamides is 1. The van der Waals surface area contributed by atoms with Gasteiger partial charge in [-0.15, -0.1) is 0 Å². The van der Waals surface area contributed by atoms with E-state index in [4.69, 9.17) is 9.88 Å². The smallest absolute Gasteiger partial charge is 0.339 e. The van der Waals surface area contributed by atoms with Crippen LogP contribution in [0.4, 0.5) is 0 Å². The maximum atomic E-state index is 12.7. The van der Waals surface area contributed by atoms with E-state index < -0.39 is 15.6 Å². The van der Waals surface area contributed by atoms with Crippen LogP contribution in [-0.4, -0.2) is 38.3 Å². The number of primary sulfonamides is 1. The van der Waals surface area contributed by atoms with Crippen LogP contribution in [0.15, 0.2) is 53.4 Å². The number of rotatable bonds is 2. The van der Waals surface area contributed by atoms with Crippen LogP contribution >= 0.6 is 0 Å². The molecule has 2 aromatic carbocycles. The summed E-state index contributed by atoms with van der Waals surface area (Å²) in [4.78, 5) is 26.5. The zero-order valence-electron chi connectivity index (χ0n) is 14.4. The number of ether oxygens (including phenoxy) is 1. The third kappa shape index (κ3) is 3.00. The number of nitrogens with two attached hydrogens (primary N) is 1. The van der Waals surface area contributed by atoms with Crippen LogP contribution in [0.2, 0.25) is 0 Å². The Labute approximate surface area is 156 Å². The van der Waals surface area contributed by atoms with Crippen LogP contribution in [0.25, 0.3) is 0 Å². The lowest BCUT2D eigenvalue weighted by atomic mass is 9.83. The average Bonchev–Trinajstić information content (AvgIpc) is 2.93. The van der Waals surface area contributed by atoms with Gasteiger partial charge in [-0.2, -0.15) is 0 Å². The second-order valence-electron chi connectivity index (χ2n) is 6.79. The molecule has 1 fully saturated rings. The summed E-state index contributed by atoms with van der Waals surface area (Å²) in [6.45, 7) is 0.884. The summed E-state index contributed by atoms with van der Waals surface area (Å²) in [6, 6.07) is 12.9. The van der Waals surface area contributed by atoms with Crippen molar-refractivity contribution in [2.45, 2.75) is 23.3 Å². The number of fused-ring (bicyclic) bond motifs is 2. The van der Waals surface area contributed by atoms with Crippen LogP contribution in [0, 0.1) is 0 Å². The first-order valence-corrected chi connectivity index (χ1v) is 10.1. The number of esters is 1. The van der Waals surface area contributed by atoms with Crippen LogP contribution in [0.3, 0.4) is 0 Å². The molecule has 0 bridgehead atoms. The van der Waals surface area contributed by atoms with E-state index in [9.17, 15) is 18.0 Å². The molecule has 2 heterocycles. The Morgan fingerprint density at radius 1 is 1.04 bits per heavy atom. The third-order valence-corrected chi connectivity index (χ3v) is 6.14. The van der Waals surface area contributed by atoms with Gasteiger partial charge in [0.15, 0.2) is 0 Å². The molecule has 1 saturated heterocycles. The summed E-state index contributed by atoms with van der Waals surface area (Å²) < 4.78 is 28.3. The Morgan fingerprint density at radius 2 is 1.67 bits per heavy atom. The largest absolute Gasteiger partial charge is 0.450 e. The first-order valence-electron chi connectivity index (χ1n) is 8.55. The number of carbonyl (C=O) groups is 2. The van der Waals surface area contributed by atoms with Gasteiger partial charge in [-0.3, -0.25) is 4.79 Å². The molecule has 0 unspecified atom stereocenters. The second-order valence-corrected chi connectivity index (χ2v) is 8.35. The number of hydrogen-bond acceptors (Lipinski definition) is 5. The Bertz CT molecular complexity index is 1020. The van der Waals surface area contributed by atoms with Crippen molar-refractivity contribution in [2.24, 2.45) is 5.14 Å². The van der Waals surface area contributed by atoms with Gasteiger partial charge in [-0.05, 0) is 30.3 Å². The van der Waals surface area contributed by atoms with Gasteiger partial charge in [-0.1, -0.05) is 18.2 Å². The number of piperidine rings is 1. The van der Waals surface area contributed by atoms with E-state index in [1.54, 1.807) is 11.0 Å². The molecule has 1 amide bonds. The quantitative estimate of drug-likeness (QED) is 0.790. The molecule has 8 heteroatoms. The summed E-state index contributed by atoms with van der Waals surface area (Å²) in [6.07, 6.45) is 1.05.